The quantitative estimate of drug-likeness (QED) is 0.621. The Kier molecular flexibility index (Phi) is 6.07. The van der Waals surface area contributed by atoms with E-state index in [1.54, 1.807) is 32.0 Å². The van der Waals surface area contributed by atoms with Crippen molar-refractivity contribution in [2.45, 2.75) is 6.92 Å². The van der Waals surface area contributed by atoms with E-state index in [4.69, 9.17) is 14.6 Å². The summed E-state index contributed by atoms with van der Waals surface area (Å²) in [5.41, 5.74) is 0.364. The molecule has 0 atom stereocenters. The first-order valence-corrected chi connectivity index (χ1v) is 8.16. The number of aromatic nitrogens is 2. The maximum Gasteiger partial charge on any atom is 0.381 e. The largest absolute Gasteiger partial charge is 0.488 e. The van der Waals surface area contributed by atoms with Gasteiger partial charge in [0.1, 0.15) is 0 Å². The van der Waals surface area contributed by atoms with Gasteiger partial charge in [0.15, 0.2) is 5.76 Å². The number of hydrogen-bond donors (Lipinski definition) is 3. The van der Waals surface area contributed by atoms with E-state index in [0.29, 0.717) is 16.5 Å². The average Bonchev–Trinajstić information content (AvgIpc) is 3.00. The Bertz CT molecular complexity index is 902. The monoisotopic (exact) mass is 378 g/mol. The third kappa shape index (κ3) is 4.45. The molecular formula is C15H18N6O4S. The molecule has 2 heterocycles. The number of methoxy groups -OCH3 is 1. The highest BCUT2D eigenvalue weighted by atomic mass is 32.1. The van der Waals surface area contributed by atoms with Crippen LogP contribution in [0.15, 0.2) is 27.1 Å². The van der Waals surface area contributed by atoms with Crippen LogP contribution in [0.5, 0.6) is 5.75 Å². The summed E-state index contributed by atoms with van der Waals surface area (Å²) >= 11 is 1.10. The van der Waals surface area contributed by atoms with Crippen molar-refractivity contribution < 1.29 is 13.9 Å². The fourth-order valence-corrected chi connectivity index (χ4v) is 2.62. The van der Waals surface area contributed by atoms with Gasteiger partial charge in [-0.3, -0.25) is 10.1 Å². The number of rotatable bonds is 7. The van der Waals surface area contributed by atoms with Crippen LogP contribution < -0.4 is 25.9 Å². The molecule has 0 saturated carbocycles. The number of nitrogens with one attached hydrogen (secondary N) is 3. The van der Waals surface area contributed by atoms with Gasteiger partial charge in [-0.25, -0.2) is 4.79 Å². The van der Waals surface area contributed by atoms with E-state index in [9.17, 15) is 9.59 Å². The zero-order valence-electron chi connectivity index (χ0n) is 14.6. The van der Waals surface area contributed by atoms with Crippen molar-refractivity contribution in [2.75, 3.05) is 36.7 Å². The summed E-state index contributed by atoms with van der Waals surface area (Å²) in [6.45, 7) is 1.76. The smallest absolute Gasteiger partial charge is 0.381 e. The number of ether oxygens (including phenoxy) is 1. The predicted octanol–water partition coefficient (Wildman–Crippen LogP) is 1.78. The van der Waals surface area contributed by atoms with Gasteiger partial charge in [0.25, 0.3) is 5.91 Å². The molecule has 0 saturated heterocycles. The number of hydrogen-bond acceptors (Lipinski definition) is 10. The van der Waals surface area contributed by atoms with Gasteiger partial charge < -0.3 is 24.8 Å². The van der Waals surface area contributed by atoms with Crippen LogP contribution in [0, 0.1) is 5.41 Å². The van der Waals surface area contributed by atoms with E-state index in [2.05, 4.69) is 20.8 Å². The highest BCUT2D eigenvalue weighted by Crippen LogP contribution is 2.25. The molecule has 0 radical (unpaired) electrons. The lowest BCUT2D eigenvalue weighted by atomic mass is 10.3. The van der Waals surface area contributed by atoms with Crippen molar-refractivity contribution in [3.05, 3.63) is 34.0 Å². The molecular weight excluding hydrogens is 360 g/mol. The molecule has 2 aromatic heterocycles. The maximum atomic E-state index is 12.3. The van der Waals surface area contributed by atoms with Crippen LogP contribution in [-0.2, 0) is 0 Å². The summed E-state index contributed by atoms with van der Waals surface area (Å²) in [4.78, 5) is 26.0. The molecule has 0 aromatic carbocycles. The number of carbonyl (C=O) groups is 1. The topological polar surface area (TPSA) is 133 Å². The summed E-state index contributed by atoms with van der Waals surface area (Å²) in [5.74, 6) is -0.797. The molecule has 1 amide bonds. The van der Waals surface area contributed by atoms with Gasteiger partial charge in [0.05, 0.1) is 12.8 Å². The second kappa shape index (κ2) is 8.25. The molecule has 2 aromatic rings. The highest BCUT2D eigenvalue weighted by molar-refractivity contribution is 7.19. The van der Waals surface area contributed by atoms with Gasteiger partial charge in [-0.1, -0.05) is 11.3 Å². The maximum absolute atomic E-state index is 12.3. The summed E-state index contributed by atoms with van der Waals surface area (Å²) < 4.78 is 10.0. The zero-order valence-corrected chi connectivity index (χ0v) is 15.4. The molecule has 0 bridgehead atoms. The number of anilines is 3. The minimum Gasteiger partial charge on any atom is -0.488 e. The lowest BCUT2D eigenvalue weighted by molar-refractivity contribution is 0.0991. The van der Waals surface area contributed by atoms with Crippen LogP contribution in [-0.4, -0.2) is 43.5 Å². The first-order chi connectivity index (χ1) is 12.3. The third-order valence-corrected chi connectivity index (χ3v) is 3.84. The lowest BCUT2D eigenvalue weighted by Gasteiger charge is -2.15. The third-order valence-electron chi connectivity index (χ3n) is 3.08. The average molecular weight is 378 g/mol. The fraction of sp³-hybridized carbons (Fsp3) is 0.267. The number of amides is 1. The highest BCUT2D eigenvalue weighted by Gasteiger charge is 2.19. The molecule has 0 aliphatic heterocycles. The Hall–Kier alpha value is -3.21. The van der Waals surface area contributed by atoms with Crippen molar-refractivity contribution in [2.24, 2.45) is 0 Å². The molecule has 0 aliphatic carbocycles. The summed E-state index contributed by atoms with van der Waals surface area (Å²) in [7, 11) is 4.78. The van der Waals surface area contributed by atoms with Gasteiger partial charge in [0.2, 0.25) is 16.0 Å². The first kappa shape index (κ1) is 19.1. The normalized spacial score (nSPS) is 11.0. The Morgan fingerprint density at radius 1 is 1.35 bits per heavy atom. The van der Waals surface area contributed by atoms with E-state index in [1.807, 2.05) is 0 Å². The van der Waals surface area contributed by atoms with Crippen molar-refractivity contribution in [3.63, 3.8) is 0 Å². The molecule has 0 fully saturated rings. The van der Waals surface area contributed by atoms with Crippen LogP contribution in [0.4, 0.5) is 16.0 Å². The van der Waals surface area contributed by atoms with E-state index in [1.165, 1.54) is 13.2 Å². The van der Waals surface area contributed by atoms with E-state index < -0.39 is 11.5 Å². The lowest BCUT2D eigenvalue weighted by Crippen LogP contribution is -2.20. The van der Waals surface area contributed by atoms with E-state index in [-0.39, 0.29) is 16.6 Å². The fourth-order valence-electron chi connectivity index (χ4n) is 1.92. The molecule has 11 heteroatoms. The van der Waals surface area contributed by atoms with E-state index in [0.717, 1.165) is 17.6 Å². The number of carbonyl (C=O) groups excluding carboxylic acids is 1. The van der Waals surface area contributed by atoms with Crippen LogP contribution in [0.25, 0.3) is 0 Å². The van der Waals surface area contributed by atoms with Crippen LogP contribution in [0.3, 0.4) is 0 Å². The van der Waals surface area contributed by atoms with Crippen molar-refractivity contribution >= 4 is 39.4 Å². The first-order valence-electron chi connectivity index (χ1n) is 7.34. The Balaban J connectivity index is 2.20. The molecule has 0 spiro atoms. The Morgan fingerprint density at radius 3 is 2.58 bits per heavy atom. The minimum absolute atomic E-state index is 0.0161. The van der Waals surface area contributed by atoms with Crippen molar-refractivity contribution in [3.8, 4) is 5.75 Å². The van der Waals surface area contributed by atoms with Gasteiger partial charge in [0, 0.05) is 32.1 Å². The zero-order chi connectivity index (χ0) is 19.3. The Morgan fingerprint density at radius 2 is 2.00 bits per heavy atom. The molecule has 138 valence electrons. The molecule has 0 aliphatic rings. The number of allylic oxidation sites excluding steroid dienone is 2. The van der Waals surface area contributed by atoms with Gasteiger partial charge in [-0.05, 0) is 13.0 Å². The predicted molar refractivity (Wildman–Crippen MR) is 99.9 cm³/mol. The minimum atomic E-state index is -0.754. The summed E-state index contributed by atoms with van der Waals surface area (Å²) in [6.07, 6.45) is 2.69. The van der Waals surface area contributed by atoms with Crippen LogP contribution in [0.2, 0.25) is 0 Å². The molecule has 10 nitrogen and oxygen atoms in total. The Labute approximate surface area is 153 Å². The summed E-state index contributed by atoms with van der Waals surface area (Å²) in [5, 5.41) is 20.9. The molecule has 0 unspecified atom stereocenters. The van der Waals surface area contributed by atoms with Crippen molar-refractivity contribution in [1.82, 2.24) is 10.2 Å². The second-order valence-corrected chi connectivity index (χ2v) is 6.20. The second-order valence-electron chi connectivity index (χ2n) is 5.22. The van der Waals surface area contributed by atoms with Crippen LogP contribution >= 0.6 is 11.3 Å². The number of nitrogens with zero attached hydrogens (tertiary/aromatic N) is 3. The summed E-state index contributed by atoms with van der Waals surface area (Å²) in [6, 6.07) is 1.41. The molecule has 3 N–H and O–H groups in total. The standard InChI is InChI=1S/C15H18N6O4S/c1-8(5-6-16)17-14-19-20-15(26-14)18-12(22)10-7-9(21(2)3)11(24-4)13(23)25-10/h5-7,16H,1-4H3,(H,17,19)(H,18,20,22)/b8-5-,16-6?. The van der Waals surface area contributed by atoms with E-state index >= 15 is 0 Å². The molecule has 2 rings (SSSR count). The van der Waals surface area contributed by atoms with Gasteiger partial charge >= 0.3 is 5.63 Å². The SMILES string of the molecule is COc1c(N(C)C)cc(C(=O)Nc2nnc(N/C(C)=C\C=N)s2)oc1=O. The van der Waals surface area contributed by atoms with Gasteiger partial charge in [-0.15, -0.1) is 10.2 Å². The van der Waals surface area contributed by atoms with Gasteiger partial charge in [-0.2, -0.15) is 0 Å². The van der Waals surface area contributed by atoms with Crippen molar-refractivity contribution in [1.29, 1.82) is 5.41 Å². The molecule has 26 heavy (non-hydrogen) atoms. The van der Waals surface area contributed by atoms with Crippen LogP contribution in [0.1, 0.15) is 17.5 Å².